The molecule has 0 unspecified atom stereocenters. The Balaban J connectivity index is 1.89. The van der Waals surface area contributed by atoms with E-state index in [9.17, 15) is 9.59 Å². The average Bonchev–Trinajstić information content (AvgIpc) is 2.42. The summed E-state index contributed by atoms with van der Waals surface area (Å²) >= 11 is 0. The van der Waals surface area contributed by atoms with Crippen LogP contribution in [0.5, 0.6) is 0 Å². The highest BCUT2D eigenvalue weighted by atomic mass is 16.2. The standard InChI is InChI=1S/C16H22N2O2/c1-12(2)13-6-8-14(9-7-13)17-15(19)11-18-10-4-3-5-16(18)20/h6-9,12H,3-5,10-11H2,1-2H3,(H,17,19). The zero-order valence-corrected chi connectivity index (χ0v) is 12.2. The number of benzene rings is 1. The summed E-state index contributed by atoms with van der Waals surface area (Å²) in [4.78, 5) is 25.2. The normalized spacial score (nSPS) is 15.6. The lowest BCUT2D eigenvalue weighted by molar-refractivity contribution is -0.136. The molecular formula is C16H22N2O2. The van der Waals surface area contributed by atoms with E-state index in [-0.39, 0.29) is 18.4 Å². The van der Waals surface area contributed by atoms with Crippen molar-refractivity contribution in [2.24, 2.45) is 0 Å². The van der Waals surface area contributed by atoms with Crippen LogP contribution in [0.15, 0.2) is 24.3 Å². The fourth-order valence-electron chi connectivity index (χ4n) is 2.35. The third-order valence-electron chi connectivity index (χ3n) is 3.62. The van der Waals surface area contributed by atoms with Gasteiger partial charge in [-0.25, -0.2) is 0 Å². The number of carbonyl (C=O) groups excluding carboxylic acids is 2. The van der Waals surface area contributed by atoms with E-state index >= 15 is 0 Å². The molecule has 0 atom stereocenters. The number of anilines is 1. The summed E-state index contributed by atoms with van der Waals surface area (Å²) in [6.45, 7) is 5.12. The molecule has 108 valence electrons. The summed E-state index contributed by atoms with van der Waals surface area (Å²) in [6, 6.07) is 7.86. The Labute approximate surface area is 120 Å². The molecule has 1 fully saturated rings. The topological polar surface area (TPSA) is 49.4 Å². The van der Waals surface area contributed by atoms with Gasteiger partial charge in [-0.05, 0) is 36.5 Å². The third-order valence-corrected chi connectivity index (χ3v) is 3.62. The second kappa shape index (κ2) is 6.55. The smallest absolute Gasteiger partial charge is 0.243 e. The van der Waals surface area contributed by atoms with Crippen molar-refractivity contribution in [3.05, 3.63) is 29.8 Å². The highest BCUT2D eigenvalue weighted by Crippen LogP contribution is 2.17. The van der Waals surface area contributed by atoms with Crippen LogP contribution < -0.4 is 5.32 Å². The fourth-order valence-corrected chi connectivity index (χ4v) is 2.35. The van der Waals surface area contributed by atoms with Crippen molar-refractivity contribution in [3.8, 4) is 0 Å². The molecular weight excluding hydrogens is 252 g/mol. The lowest BCUT2D eigenvalue weighted by atomic mass is 10.0. The molecule has 0 spiro atoms. The second-order valence-corrected chi connectivity index (χ2v) is 5.60. The second-order valence-electron chi connectivity index (χ2n) is 5.60. The summed E-state index contributed by atoms with van der Waals surface area (Å²) in [5.74, 6) is 0.435. The van der Waals surface area contributed by atoms with Gasteiger partial charge in [-0.3, -0.25) is 9.59 Å². The van der Waals surface area contributed by atoms with Crippen molar-refractivity contribution in [3.63, 3.8) is 0 Å². The first-order valence-electron chi connectivity index (χ1n) is 7.24. The van der Waals surface area contributed by atoms with Crippen LogP contribution in [0.3, 0.4) is 0 Å². The van der Waals surface area contributed by atoms with Crippen LogP contribution in [-0.4, -0.2) is 29.8 Å². The summed E-state index contributed by atoms with van der Waals surface area (Å²) in [6.07, 6.45) is 2.49. The minimum absolute atomic E-state index is 0.0848. The van der Waals surface area contributed by atoms with Gasteiger partial charge in [0.1, 0.15) is 0 Å². The Morgan fingerprint density at radius 1 is 1.25 bits per heavy atom. The number of hydrogen-bond donors (Lipinski definition) is 1. The van der Waals surface area contributed by atoms with Gasteiger partial charge in [-0.15, -0.1) is 0 Å². The summed E-state index contributed by atoms with van der Waals surface area (Å²) < 4.78 is 0. The van der Waals surface area contributed by atoms with Gasteiger partial charge in [0, 0.05) is 18.7 Å². The molecule has 0 aliphatic carbocycles. The van der Waals surface area contributed by atoms with Gasteiger partial charge in [0.05, 0.1) is 6.54 Å². The molecule has 1 aliphatic rings. The molecule has 20 heavy (non-hydrogen) atoms. The molecule has 4 nitrogen and oxygen atoms in total. The van der Waals surface area contributed by atoms with Crippen LogP contribution in [0.4, 0.5) is 5.69 Å². The molecule has 0 radical (unpaired) electrons. The van der Waals surface area contributed by atoms with Crippen LogP contribution in [0.25, 0.3) is 0 Å². The molecule has 1 saturated heterocycles. The Hall–Kier alpha value is -1.84. The Morgan fingerprint density at radius 3 is 2.55 bits per heavy atom. The molecule has 0 aromatic heterocycles. The first-order valence-corrected chi connectivity index (χ1v) is 7.24. The van der Waals surface area contributed by atoms with Crippen molar-refractivity contribution in [2.75, 3.05) is 18.4 Å². The molecule has 4 heteroatoms. The van der Waals surface area contributed by atoms with Gasteiger partial charge in [0.15, 0.2) is 0 Å². The predicted molar refractivity (Wildman–Crippen MR) is 79.6 cm³/mol. The Kier molecular flexibility index (Phi) is 4.77. The van der Waals surface area contributed by atoms with E-state index in [4.69, 9.17) is 0 Å². The molecule has 1 heterocycles. The molecule has 1 aromatic rings. The van der Waals surface area contributed by atoms with E-state index in [1.165, 1.54) is 5.56 Å². The maximum Gasteiger partial charge on any atom is 0.243 e. The SMILES string of the molecule is CC(C)c1ccc(NC(=O)CN2CCCCC2=O)cc1. The largest absolute Gasteiger partial charge is 0.333 e. The van der Waals surface area contributed by atoms with Crippen LogP contribution in [0, 0.1) is 0 Å². The lowest BCUT2D eigenvalue weighted by Gasteiger charge is -2.25. The number of likely N-dealkylation sites (tertiary alicyclic amines) is 1. The number of carbonyl (C=O) groups is 2. The van der Waals surface area contributed by atoms with E-state index in [1.807, 2.05) is 24.3 Å². The van der Waals surface area contributed by atoms with Crippen LogP contribution in [0.2, 0.25) is 0 Å². The fraction of sp³-hybridized carbons (Fsp3) is 0.500. The molecule has 1 aliphatic heterocycles. The summed E-state index contributed by atoms with van der Waals surface area (Å²) in [5, 5.41) is 2.84. The van der Waals surface area contributed by atoms with E-state index in [2.05, 4.69) is 19.2 Å². The number of hydrogen-bond acceptors (Lipinski definition) is 2. The molecule has 0 saturated carbocycles. The van der Waals surface area contributed by atoms with E-state index in [1.54, 1.807) is 4.90 Å². The van der Waals surface area contributed by atoms with Gasteiger partial charge in [0.25, 0.3) is 0 Å². The van der Waals surface area contributed by atoms with Crippen LogP contribution in [-0.2, 0) is 9.59 Å². The van der Waals surface area contributed by atoms with Crippen molar-refractivity contribution >= 4 is 17.5 Å². The van der Waals surface area contributed by atoms with Gasteiger partial charge in [-0.1, -0.05) is 26.0 Å². The zero-order chi connectivity index (χ0) is 14.5. The van der Waals surface area contributed by atoms with Crippen molar-refractivity contribution in [2.45, 2.75) is 39.0 Å². The molecule has 1 N–H and O–H groups in total. The first-order chi connectivity index (χ1) is 9.56. The highest BCUT2D eigenvalue weighted by molar-refractivity contribution is 5.94. The maximum atomic E-state index is 11.9. The molecule has 2 rings (SSSR count). The number of piperidine rings is 1. The quantitative estimate of drug-likeness (QED) is 0.917. The van der Waals surface area contributed by atoms with Gasteiger partial charge in [-0.2, -0.15) is 0 Å². The monoisotopic (exact) mass is 274 g/mol. The van der Waals surface area contributed by atoms with E-state index in [0.717, 1.165) is 18.5 Å². The Bertz CT molecular complexity index is 480. The van der Waals surface area contributed by atoms with Gasteiger partial charge >= 0.3 is 0 Å². The third kappa shape index (κ3) is 3.83. The van der Waals surface area contributed by atoms with E-state index in [0.29, 0.717) is 18.9 Å². The lowest BCUT2D eigenvalue weighted by Crippen LogP contribution is -2.40. The summed E-state index contributed by atoms with van der Waals surface area (Å²) in [7, 11) is 0. The minimum atomic E-state index is -0.127. The van der Waals surface area contributed by atoms with Crippen LogP contribution >= 0.6 is 0 Å². The molecule has 0 bridgehead atoms. The molecule has 1 aromatic carbocycles. The van der Waals surface area contributed by atoms with Crippen LogP contribution in [0.1, 0.15) is 44.6 Å². The number of amides is 2. The van der Waals surface area contributed by atoms with Gasteiger partial charge < -0.3 is 10.2 Å². The van der Waals surface area contributed by atoms with Crippen molar-refractivity contribution < 1.29 is 9.59 Å². The maximum absolute atomic E-state index is 11.9. The number of rotatable bonds is 4. The zero-order valence-electron chi connectivity index (χ0n) is 12.2. The van der Waals surface area contributed by atoms with Gasteiger partial charge in [0.2, 0.25) is 11.8 Å². The van der Waals surface area contributed by atoms with E-state index < -0.39 is 0 Å². The van der Waals surface area contributed by atoms with Crippen molar-refractivity contribution in [1.82, 2.24) is 4.90 Å². The van der Waals surface area contributed by atoms with Crippen molar-refractivity contribution in [1.29, 1.82) is 0 Å². The number of nitrogens with one attached hydrogen (secondary N) is 1. The Morgan fingerprint density at radius 2 is 1.95 bits per heavy atom. The predicted octanol–water partition coefficient (Wildman–Crippen LogP) is 2.76. The summed E-state index contributed by atoms with van der Waals surface area (Å²) in [5.41, 5.74) is 2.03. The minimum Gasteiger partial charge on any atom is -0.333 e. The first kappa shape index (κ1) is 14.6. The highest BCUT2D eigenvalue weighted by Gasteiger charge is 2.20. The average molecular weight is 274 g/mol. The number of nitrogens with zero attached hydrogens (tertiary/aromatic N) is 1. The molecule has 2 amide bonds.